The van der Waals surface area contributed by atoms with Crippen molar-refractivity contribution in [3.8, 4) is 0 Å². The molecule has 1 fully saturated rings. The van der Waals surface area contributed by atoms with Crippen molar-refractivity contribution in [2.75, 3.05) is 18.4 Å². The number of nitrogens with one attached hydrogen (secondary N) is 1. The number of piperidine rings is 1. The van der Waals surface area contributed by atoms with Crippen LogP contribution in [0.15, 0.2) is 48.5 Å². The summed E-state index contributed by atoms with van der Waals surface area (Å²) in [6.45, 7) is 7.05. The maximum atomic E-state index is 12.7. The number of benzene rings is 2. The molecule has 1 aliphatic rings. The lowest BCUT2D eigenvalue weighted by molar-refractivity contribution is -0.121. The van der Waals surface area contributed by atoms with Crippen molar-refractivity contribution in [1.29, 1.82) is 0 Å². The van der Waals surface area contributed by atoms with Gasteiger partial charge in [-0.25, -0.2) is 0 Å². The molecule has 1 aliphatic heterocycles. The monoisotopic (exact) mass is 370 g/mol. The quantitative estimate of drug-likeness (QED) is 0.773. The molecule has 1 amide bonds. The minimum absolute atomic E-state index is 0.0424. The molecular weight excluding hydrogens is 344 g/mol. The first kappa shape index (κ1) is 18.9. The van der Waals surface area contributed by atoms with E-state index in [9.17, 15) is 4.79 Å². The average molecular weight is 371 g/mol. The van der Waals surface area contributed by atoms with E-state index in [1.54, 1.807) is 0 Å². The van der Waals surface area contributed by atoms with Gasteiger partial charge >= 0.3 is 0 Å². The van der Waals surface area contributed by atoms with Gasteiger partial charge in [0.15, 0.2) is 0 Å². The molecule has 2 aromatic rings. The third-order valence-corrected chi connectivity index (χ3v) is 5.29. The van der Waals surface area contributed by atoms with Crippen LogP contribution in [0.2, 0.25) is 5.02 Å². The summed E-state index contributed by atoms with van der Waals surface area (Å²) < 4.78 is 0. The molecule has 1 N–H and O–H groups in total. The number of rotatable bonds is 5. The summed E-state index contributed by atoms with van der Waals surface area (Å²) in [6.07, 6.45) is 2.00. The lowest BCUT2D eigenvalue weighted by atomic mass is 9.96. The summed E-state index contributed by atoms with van der Waals surface area (Å²) in [6, 6.07) is 16.1. The topological polar surface area (TPSA) is 32.3 Å². The van der Waals surface area contributed by atoms with Gasteiger partial charge < -0.3 is 5.32 Å². The van der Waals surface area contributed by atoms with Crippen LogP contribution in [-0.2, 0) is 11.3 Å². The molecule has 0 aliphatic carbocycles. The standard InChI is InChI=1S/C22H27ClN2O/c1-16(2)18-7-11-21(12-8-18)24-22(26)19-4-3-13-25(15-19)14-17-5-9-20(23)10-6-17/h5-12,16,19H,3-4,13-15H2,1-2H3,(H,24,26)/t19-/m0/s1. The number of nitrogens with zero attached hydrogens (tertiary/aromatic N) is 1. The van der Waals surface area contributed by atoms with E-state index in [1.807, 2.05) is 24.3 Å². The Labute approximate surface area is 161 Å². The number of carbonyl (C=O) groups is 1. The van der Waals surface area contributed by atoms with Gasteiger partial charge in [-0.1, -0.05) is 49.7 Å². The Morgan fingerprint density at radius 3 is 2.50 bits per heavy atom. The van der Waals surface area contributed by atoms with E-state index in [-0.39, 0.29) is 11.8 Å². The minimum Gasteiger partial charge on any atom is -0.326 e. The number of likely N-dealkylation sites (tertiary alicyclic amines) is 1. The number of carbonyl (C=O) groups excluding carboxylic acids is 1. The van der Waals surface area contributed by atoms with Crippen LogP contribution < -0.4 is 5.32 Å². The Morgan fingerprint density at radius 1 is 1.15 bits per heavy atom. The second-order valence-corrected chi connectivity index (χ2v) is 7.90. The predicted molar refractivity (Wildman–Crippen MR) is 109 cm³/mol. The van der Waals surface area contributed by atoms with Crippen molar-refractivity contribution in [2.24, 2.45) is 5.92 Å². The highest BCUT2D eigenvalue weighted by Crippen LogP contribution is 2.22. The Kier molecular flexibility index (Phi) is 6.33. The van der Waals surface area contributed by atoms with Crippen molar-refractivity contribution >= 4 is 23.2 Å². The summed E-state index contributed by atoms with van der Waals surface area (Å²) in [4.78, 5) is 15.0. The summed E-state index contributed by atoms with van der Waals surface area (Å²) in [5.41, 5.74) is 3.41. The van der Waals surface area contributed by atoms with E-state index in [2.05, 4.69) is 48.3 Å². The smallest absolute Gasteiger partial charge is 0.228 e. The Bertz CT molecular complexity index is 725. The van der Waals surface area contributed by atoms with Crippen LogP contribution in [0.25, 0.3) is 0 Å². The van der Waals surface area contributed by atoms with Crippen LogP contribution in [0.3, 0.4) is 0 Å². The van der Waals surface area contributed by atoms with Gasteiger partial charge in [-0.3, -0.25) is 9.69 Å². The fourth-order valence-corrected chi connectivity index (χ4v) is 3.58. The number of amides is 1. The molecule has 3 nitrogen and oxygen atoms in total. The first-order valence-electron chi connectivity index (χ1n) is 9.39. The maximum absolute atomic E-state index is 12.7. The SMILES string of the molecule is CC(C)c1ccc(NC(=O)[C@H]2CCCN(Cc3ccc(Cl)cc3)C2)cc1. The Morgan fingerprint density at radius 2 is 1.85 bits per heavy atom. The molecule has 2 aromatic carbocycles. The molecule has 3 rings (SSSR count). The lowest BCUT2D eigenvalue weighted by Crippen LogP contribution is -2.40. The van der Waals surface area contributed by atoms with Gasteiger partial charge in [0.2, 0.25) is 5.91 Å². The number of hydrogen-bond donors (Lipinski definition) is 1. The van der Waals surface area contributed by atoms with Crippen molar-refractivity contribution in [2.45, 2.75) is 39.2 Å². The molecule has 0 unspecified atom stereocenters. The van der Waals surface area contributed by atoms with Crippen LogP contribution in [0.4, 0.5) is 5.69 Å². The second kappa shape index (κ2) is 8.70. The normalized spacial score (nSPS) is 18.1. The summed E-state index contributed by atoms with van der Waals surface area (Å²) in [5.74, 6) is 0.670. The fourth-order valence-electron chi connectivity index (χ4n) is 3.46. The molecule has 0 saturated carbocycles. The molecule has 1 saturated heterocycles. The Hall–Kier alpha value is -1.84. The van der Waals surface area contributed by atoms with E-state index in [4.69, 9.17) is 11.6 Å². The largest absolute Gasteiger partial charge is 0.326 e. The van der Waals surface area contributed by atoms with Gasteiger partial charge in [0.25, 0.3) is 0 Å². The highest BCUT2D eigenvalue weighted by Gasteiger charge is 2.25. The lowest BCUT2D eigenvalue weighted by Gasteiger charge is -2.32. The molecular formula is C22H27ClN2O. The van der Waals surface area contributed by atoms with Crippen LogP contribution in [0.5, 0.6) is 0 Å². The Balaban J connectivity index is 1.56. The van der Waals surface area contributed by atoms with Crippen molar-refractivity contribution in [3.63, 3.8) is 0 Å². The van der Waals surface area contributed by atoms with Gasteiger partial charge in [0.05, 0.1) is 5.92 Å². The average Bonchev–Trinajstić information content (AvgIpc) is 2.64. The number of hydrogen-bond acceptors (Lipinski definition) is 2. The van der Waals surface area contributed by atoms with E-state index in [1.165, 1.54) is 11.1 Å². The highest BCUT2D eigenvalue weighted by molar-refractivity contribution is 6.30. The molecule has 0 aromatic heterocycles. The summed E-state index contributed by atoms with van der Waals surface area (Å²) in [7, 11) is 0. The van der Waals surface area contributed by atoms with Crippen LogP contribution in [0.1, 0.15) is 43.7 Å². The van der Waals surface area contributed by atoms with E-state index >= 15 is 0 Å². The zero-order valence-electron chi connectivity index (χ0n) is 15.5. The fraction of sp³-hybridized carbons (Fsp3) is 0.409. The third kappa shape index (κ3) is 5.09. The molecule has 0 spiro atoms. The molecule has 138 valence electrons. The highest BCUT2D eigenvalue weighted by atomic mass is 35.5. The van der Waals surface area contributed by atoms with Crippen LogP contribution in [0, 0.1) is 5.92 Å². The molecule has 1 atom stereocenters. The number of anilines is 1. The van der Waals surface area contributed by atoms with Crippen LogP contribution in [-0.4, -0.2) is 23.9 Å². The summed E-state index contributed by atoms with van der Waals surface area (Å²) >= 11 is 5.96. The third-order valence-electron chi connectivity index (χ3n) is 5.04. The van der Waals surface area contributed by atoms with Crippen LogP contribution >= 0.6 is 11.6 Å². The van der Waals surface area contributed by atoms with Crippen molar-refractivity contribution in [1.82, 2.24) is 4.90 Å². The molecule has 26 heavy (non-hydrogen) atoms. The van der Waals surface area contributed by atoms with Crippen molar-refractivity contribution in [3.05, 3.63) is 64.7 Å². The van der Waals surface area contributed by atoms with Crippen molar-refractivity contribution < 1.29 is 4.79 Å². The molecule has 0 bridgehead atoms. The van der Waals surface area contributed by atoms with Gasteiger partial charge in [-0.2, -0.15) is 0 Å². The van der Waals surface area contributed by atoms with E-state index < -0.39 is 0 Å². The van der Waals surface area contributed by atoms with Gasteiger partial charge in [0, 0.05) is 23.8 Å². The van der Waals surface area contributed by atoms with E-state index in [0.717, 1.165) is 43.2 Å². The first-order valence-corrected chi connectivity index (χ1v) is 9.76. The zero-order valence-corrected chi connectivity index (χ0v) is 16.3. The number of halogens is 1. The van der Waals surface area contributed by atoms with Gasteiger partial charge in [-0.05, 0) is 60.7 Å². The minimum atomic E-state index is 0.0424. The van der Waals surface area contributed by atoms with Gasteiger partial charge in [0.1, 0.15) is 0 Å². The van der Waals surface area contributed by atoms with Gasteiger partial charge in [-0.15, -0.1) is 0 Å². The molecule has 1 heterocycles. The van der Waals surface area contributed by atoms with E-state index in [0.29, 0.717) is 5.92 Å². The summed E-state index contributed by atoms with van der Waals surface area (Å²) in [5, 5.41) is 3.84. The predicted octanol–water partition coefficient (Wildman–Crippen LogP) is 5.31. The maximum Gasteiger partial charge on any atom is 0.228 e. The molecule has 4 heteroatoms. The molecule has 0 radical (unpaired) electrons. The zero-order chi connectivity index (χ0) is 18.5. The first-order chi connectivity index (χ1) is 12.5. The second-order valence-electron chi connectivity index (χ2n) is 7.47.